The Bertz CT molecular complexity index is 443. The van der Waals surface area contributed by atoms with E-state index >= 15 is 0 Å². The summed E-state index contributed by atoms with van der Waals surface area (Å²) >= 11 is 0. The second-order valence-corrected chi connectivity index (χ2v) is 4.54. The first-order chi connectivity index (χ1) is 8.11. The molecule has 1 aliphatic rings. The molecule has 1 aliphatic heterocycles. The normalized spacial score (nSPS) is 14.1. The van der Waals surface area contributed by atoms with Gasteiger partial charge in [0.15, 0.2) is 0 Å². The van der Waals surface area contributed by atoms with E-state index in [2.05, 4.69) is 17.1 Å². The van der Waals surface area contributed by atoms with Crippen molar-refractivity contribution in [2.24, 2.45) is 0 Å². The molecule has 0 radical (unpaired) electrons. The third-order valence-corrected chi connectivity index (χ3v) is 3.12. The van der Waals surface area contributed by atoms with Crippen molar-refractivity contribution in [3.63, 3.8) is 0 Å². The van der Waals surface area contributed by atoms with Crippen LogP contribution in [0.15, 0.2) is 12.1 Å². The molecule has 0 unspecified atom stereocenters. The van der Waals surface area contributed by atoms with E-state index in [9.17, 15) is 4.79 Å². The van der Waals surface area contributed by atoms with Crippen LogP contribution < -0.4 is 16.0 Å². The zero-order valence-corrected chi connectivity index (χ0v) is 10.4. The molecular weight excluding hydrogens is 214 g/mol. The van der Waals surface area contributed by atoms with Crippen LogP contribution in [0.1, 0.15) is 25.3 Å². The maximum atomic E-state index is 11.4. The number of nitrogens with one attached hydrogen (secondary N) is 1. The Hall–Kier alpha value is -1.71. The van der Waals surface area contributed by atoms with Crippen molar-refractivity contribution in [1.82, 2.24) is 0 Å². The molecule has 17 heavy (non-hydrogen) atoms. The molecule has 0 spiro atoms. The number of hydrogen-bond donors (Lipinski definition) is 2. The summed E-state index contributed by atoms with van der Waals surface area (Å²) in [6, 6.07) is 3.97. The molecule has 0 saturated heterocycles. The largest absolute Gasteiger partial charge is 0.397 e. The maximum Gasteiger partial charge on any atom is 0.224 e. The predicted octanol–water partition coefficient (Wildman–Crippen LogP) is 2.00. The lowest BCUT2D eigenvalue weighted by Crippen LogP contribution is -2.22. The minimum atomic E-state index is 0.0892. The van der Waals surface area contributed by atoms with Gasteiger partial charge in [0.25, 0.3) is 0 Å². The minimum absolute atomic E-state index is 0.0892. The first-order valence-corrected chi connectivity index (χ1v) is 6.05. The number of amides is 1. The number of aryl methyl sites for hydroxylation is 1. The number of anilines is 3. The molecule has 4 heteroatoms. The van der Waals surface area contributed by atoms with Gasteiger partial charge >= 0.3 is 0 Å². The number of carbonyl (C=O) groups is 1. The molecule has 1 aromatic carbocycles. The summed E-state index contributed by atoms with van der Waals surface area (Å²) in [5, 5.41) is 2.90. The Balaban J connectivity index is 2.35. The smallest absolute Gasteiger partial charge is 0.224 e. The van der Waals surface area contributed by atoms with Crippen LogP contribution in [0.2, 0.25) is 0 Å². The fourth-order valence-corrected chi connectivity index (χ4v) is 2.22. The number of carbonyl (C=O) groups excluding carboxylic acids is 1. The average molecular weight is 233 g/mol. The van der Waals surface area contributed by atoms with E-state index in [1.54, 1.807) is 0 Å². The van der Waals surface area contributed by atoms with Gasteiger partial charge in [-0.3, -0.25) is 4.79 Å². The third-order valence-electron chi connectivity index (χ3n) is 3.12. The van der Waals surface area contributed by atoms with Gasteiger partial charge in [0.2, 0.25) is 5.91 Å². The minimum Gasteiger partial charge on any atom is -0.397 e. The fourth-order valence-electron chi connectivity index (χ4n) is 2.22. The van der Waals surface area contributed by atoms with Crippen molar-refractivity contribution in [3.8, 4) is 0 Å². The molecule has 0 bridgehead atoms. The fraction of sp³-hybridized carbons (Fsp3) is 0.462. The number of rotatable bonds is 3. The van der Waals surface area contributed by atoms with Crippen LogP contribution >= 0.6 is 0 Å². The van der Waals surface area contributed by atoms with E-state index in [0.29, 0.717) is 6.42 Å². The molecule has 0 fully saturated rings. The first-order valence-electron chi connectivity index (χ1n) is 6.05. The molecule has 0 atom stereocenters. The zero-order valence-electron chi connectivity index (χ0n) is 10.4. The van der Waals surface area contributed by atoms with Gasteiger partial charge in [0.1, 0.15) is 0 Å². The van der Waals surface area contributed by atoms with Gasteiger partial charge in [-0.05, 0) is 30.5 Å². The summed E-state index contributed by atoms with van der Waals surface area (Å²) in [6.45, 7) is 3.09. The number of hydrogen-bond acceptors (Lipinski definition) is 3. The van der Waals surface area contributed by atoms with Gasteiger partial charge in [-0.15, -0.1) is 0 Å². The van der Waals surface area contributed by atoms with Gasteiger partial charge in [-0.1, -0.05) is 6.92 Å². The highest BCUT2D eigenvalue weighted by molar-refractivity contribution is 5.95. The van der Waals surface area contributed by atoms with Crippen molar-refractivity contribution in [2.45, 2.75) is 26.2 Å². The summed E-state index contributed by atoms with van der Waals surface area (Å²) < 4.78 is 0. The Labute approximate surface area is 102 Å². The number of nitrogen functional groups attached to an aromatic ring is 1. The first kappa shape index (κ1) is 11.8. The molecule has 3 N–H and O–H groups in total. The molecule has 1 heterocycles. The van der Waals surface area contributed by atoms with E-state index in [1.165, 1.54) is 0 Å². The maximum absolute atomic E-state index is 11.4. The van der Waals surface area contributed by atoms with Crippen molar-refractivity contribution in [2.75, 3.05) is 29.5 Å². The molecule has 0 aromatic heterocycles. The zero-order chi connectivity index (χ0) is 12.4. The third kappa shape index (κ3) is 2.35. The highest BCUT2D eigenvalue weighted by atomic mass is 16.1. The monoisotopic (exact) mass is 233 g/mol. The molecule has 1 amide bonds. The van der Waals surface area contributed by atoms with Crippen LogP contribution in [0.3, 0.4) is 0 Å². The molecule has 92 valence electrons. The lowest BCUT2D eigenvalue weighted by Gasteiger charge is -2.24. The summed E-state index contributed by atoms with van der Waals surface area (Å²) in [5.41, 5.74) is 9.88. The number of nitrogens with zero attached hydrogens (tertiary/aromatic N) is 1. The highest BCUT2D eigenvalue weighted by Crippen LogP contribution is 2.32. The Morgan fingerprint density at radius 2 is 2.18 bits per heavy atom. The Morgan fingerprint density at radius 3 is 2.88 bits per heavy atom. The SMILES string of the molecule is CCCN(C)c1cc2c(cc1N)CCC(=O)N2. The molecule has 2 rings (SSSR count). The molecular formula is C13H19N3O. The van der Waals surface area contributed by atoms with Crippen LogP contribution in [0.4, 0.5) is 17.1 Å². The second kappa shape index (κ2) is 4.65. The van der Waals surface area contributed by atoms with Gasteiger partial charge in [0, 0.05) is 25.7 Å². The van der Waals surface area contributed by atoms with Crippen LogP contribution in [0.25, 0.3) is 0 Å². The topological polar surface area (TPSA) is 58.4 Å². The quantitative estimate of drug-likeness (QED) is 0.785. The van der Waals surface area contributed by atoms with Crippen molar-refractivity contribution < 1.29 is 4.79 Å². The lowest BCUT2D eigenvalue weighted by atomic mass is 10.0. The second-order valence-electron chi connectivity index (χ2n) is 4.54. The van der Waals surface area contributed by atoms with Gasteiger partial charge < -0.3 is 16.0 Å². The summed E-state index contributed by atoms with van der Waals surface area (Å²) in [6.07, 6.45) is 2.40. The van der Waals surface area contributed by atoms with Crippen LogP contribution in [0, 0.1) is 0 Å². The highest BCUT2D eigenvalue weighted by Gasteiger charge is 2.17. The molecule has 0 aliphatic carbocycles. The van der Waals surface area contributed by atoms with E-state index in [-0.39, 0.29) is 5.91 Å². The Kier molecular flexibility index (Phi) is 3.22. The molecule has 0 saturated carbocycles. The van der Waals surface area contributed by atoms with E-state index in [1.807, 2.05) is 19.2 Å². The molecule has 4 nitrogen and oxygen atoms in total. The number of benzene rings is 1. The standard InChI is InChI=1S/C13H19N3O/c1-3-6-16(2)12-8-11-9(7-10(12)14)4-5-13(17)15-11/h7-8H,3-6,14H2,1-2H3,(H,15,17). The van der Waals surface area contributed by atoms with Crippen molar-refractivity contribution in [3.05, 3.63) is 17.7 Å². The van der Waals surface area contributed by atoms with Crippen LogP contribution in [0.5, 0.6) is 0 Å². The average Bonchev–Trinajstić information content (AvgIpc) is 2.29. The predicted molar refractivity (Wildman–Crippen MR) is 71.4 cm³/mol. The molecule has 1 aromatic rings. The number of fused-ring (bicyclic) bond motifs is 1. The number of nitrogens with two attached hydrogens (primary N) is 1. The lowest BCUT2D eigenvalue weighted by molar-refractivity contribution is -0.116. The van der Waals surface area contributed by atoms with E-state index in [0.717, 1.165) is 42.0 Å². The van der Waals surface area contributed by atoms with Crippen LogP contribution in [-0.2, 0) is 11.2 Å². The van der Waals surface area contributed by atoms with Gasteiger partial charge in [0.05, 0.1) is 11.4 Å². The van der Waals surface area contributed by atoms with Gasteiger partial charge in [-0.2, -0.15) is 0 Å². The summed E-state index contributed by atoms with van der Waals surface area (Å²) in [7, 11) is 2.02. The summed E-state index contributed by atoms with van der Waals surface area (Å²) in [5.74, 6) is 0.0892. The van der Waals surface area contributed by atoms with E-state index < -0.39 is 0 Å². The van der Waals surface area contributed by atoms with Crippen LogP contribution in [-0.4, -0.2) is 19.5 Å². The van der Waals surface area contributed by atoms with E-state index in [4.69, 9.17) is 5.73 Å². The van der Waals surface area contributed by atoms with Gasteiger partial charge in [-0.25, -0.2) is 0 Å². The van der Waals surface area contributed by atoms with Crippen molar-refractivity contribution >= 4 is 23.0 Å². The Morgan fingerprint density at radius 1 is 1.41 bits per heavy atom. The summed E-state index contributed by atoms with van der Waals surface area (Å²) in [4.78, 5) is 13.5. The van der Waals surface area contributed by atoms with Crippen molar-refractivity contribution in [1.29, 1.82) is 0 Å².